The number of nitrogens with zero attached hydrogens (tertiary/aromatic N) is 1. The average Bonchev–Trinajstić information content (AvgIpc) is 2.15. The molecule has 1 N–H and O–H groups in total. The fourth-order valence-electron chi connectivity index (χ4n) is 0.809. The molecule has 0 aliphatic rings. The number of sulfonamides is 1. The van der Waals surface area contributed by atoms with E-state index in [2.05, 4.69) is 32.2 Å². The van der Waals surface area contributed by atoms with E-state index < -0.39 is 10.0 Å². The summed E-state index contributed by atoms with van der Waals surface area (Å²) in [5.41, 5.74) is 0. The molecule has 0 spiro atoms. The van der Waals surface area contributed by atoms with E-state index in [9.17, 15) is 8.42 Å². The summed E-state index contributed by atoms with van der Waals surface area (Å²) in [5.74, 6) is 0. The second kappa shape index (κ2) is 5.07. The van der Waals surface area contributed by atoms with E-state index >= 15 is 0 Å². The minimum absolute atomic E-state index is 0.0799. The Morgan fingerprint density at radius 3 is 2.87 bits per heavy atom. The van der Waals surface area contributed by atoms with Crippen molar-refractivity contribution >= 4 is 37.6 Å². The Hall–Kier alpha value is -0.430. The lowest BCUT2D eigenvalue weighted by Crippen LogP contribution is -2.24. The van der Waals surface area contributed by atoms with Crippen LogP contribution in [0.5, 0.6) is 0 Å². The zero-order valence-corrected chi connectivity index (χ0v) is 10.7. The maximum atomic E-state index is 11.6. The van der Waals surface area contributed by atoms with Gasteiger partial charge in [0.25, 0.3) is 0 Å². The van der Waals surface area contributed by atoms with Crippen molar-refractivity contribution in [1.29, 1.82) is 0 Å². The first-order chi connectivity index (χ1) is 6.92. The normalized spacial score (nSPS) is 11.3. The SMILES string of the molecule is C=C(Br)CNS(=O)(=O)c1ccnc(Cl)c1. The van der Waals surface area contributed by atoms with Crippen molar-refractivity contribution in [3.63, 3.8) is 0 Å². The standard InChI is InChI=1S/C8H8BrClN2O2S/c1-6(9)5-12-15(13,14)7-2-3-11-8(10)4-7/h2-4,12H,1,5H2. The lowest BCUT2D eigenvalue weighted by Gasteiger charge is -2.05. The maximum absolute atomic E-state index is 11.6. The molecule has 0 amide bonds. The van der Waals surface area contributed by atoms with Crippen LogP contribution in [0.2, 0.25) is 5.15 Å². The molecular formula is C8H8BrClN2O2S. The van der Waals surface area contributed by atoms with Crippen molar-refractivity contribution in [2.45, 2.75) is 4.90 Å². The molecule has 0 unspecified atom stereocenters. The quantitative estimate of drug-likeness (QED) is 0.864. The van der Waals surface area contributed by atoms with Gasteiger partial charge >= 0.3 is 0 Å². The number of pyridine rings is 1. The van der Waals surface area contributed by atoms with Crippen LogP contribution in [0, 0.1) is 0 Å². The second-order valence-electron chi connectivity index (χ2n) is 2.66. The van der Waals surface area contributed by atoms with Crippen LogP contribution in [0.3, 0.4) is 0 Å². The van der Waals surface area contributed by atoms with E-state index in [1.54, 1.807) is 0 Å². The van der Waals surface area contributed by atoms with Gasteiger partial charge < -0.3 is 0 Å². The maximum Gasteiger partial charge on any atom is 0.241 e. The summed E-state index contributed by atoms with van der Waals surface area (Å²) >= 11 is 8.64. The number of aromatic nitrogens is 1. The summed E-state index contributed by atoms with van der Waals surface area (Å²) in [6.45, 7) is 3.65. The van der Waals surface area contributed by atoms with Crippen molar-refractivity contribution in [2.75, 3.05) is 6.54 Å². The van der Waals surface area contributed by atoms with Crippen molar-refractivity contribution in [2.24, 2.45) is 0 Å². The zero-order valence-electron chi connectivity index (χ0n) is 7.57. The Labute approximate surface area is 102 Å². The van der Waals surface area contributed by atoms with Gasteiger partial charge in [0.1, 0.15) is 5.15 Å². The van der Waals surface area contributed by atoms with Gasteiger partial charge in [0.2, 0.25) is 10.0 Å². The van der Waals surface area contributed by atoms with Crippen LogP contribution in [0.1, 0.15) is 0 Å². The summed E-state index contributed by atoms with van der Waals surface area (Å²) in [5, 5.41) is 0.135. The molecule has 1 aromatic rings. The van der Waals surface area contributed by atoms with Gasteiger partial charge in [0.05, 0.1) is 4.90 Å². The van der Waals surface area contributed by atoms with E-state index in [0.29, 0.717) is 4.48 Å². The highest BCUT2D eigenvalue weighted by molar-refractivity contribution is 9.11. The van der Waals surface area contributed by atoms with Crippen LogP contribution in [0.4, 0.5) is 0 Å². The van der Waals surface area contributed by atoms with E-state index in [1.807, 2.05) is 0 Å². The smallest absolute Gasteiger partial charge is 0.241 e. The monoisotopic (exact) mass is 310 g/mol. The van der Waals surface area contributed by atoms with Crippen LogP contribution in [0.15, 0.2) is 34.3 Å². The molecule has 7 heteroatoms. The molecule has 0 bridgehead atoms. The highest BCUT2D eigenvalue weighted by atomic mass is 79.9. The van der Waals surface area contributed by atoms with Crippen molar-refractivity contribution < 1.29 is 8.42 Å². The first kappa shape index (κ1) is 12.6. The summed E-state index contributed by atoms with van der Waals surface area (Å²) in [6.07, 6.45) is 1.33. The predicted molar refractivity (Wildman–Crippen MR) is 62.5 cm³/mol. The molecule has 1 rings (SSSR count). The number of halogens is 2. The number of rotatable bonds is 4. The molecule has 4 nitrogen and oxygen atoms in total. The van der Waals surface area contributed by atoms with Gasteiger partial charge in [0.15, 0.2) is 0 Å². The molecule has 82 valence electrons. The van der Waals surface area contributed by atoms with Gasteiger partial charge in [-0.2, -0.15) is 0 Å². The summed E-state index contributed by atoms with van der Waals surface area (Å²) in [6, 6.07) is 2.64. The minimum atomic E-state index is -3.54. The average molecular weight is 312 g/mol. The van der Waals surface area contributed by atoms with Crippen LogP contribution in [0.25, 0.3) is 0 Å². The third-order valence-electron chi connectivity index (χ3n) is 1.46. The minimum Gasteiger partial charge on any atom is -0.244 e. The lowest BCUT2D eigenvalue weighted by molar-refractivity contribution is 0.585. The number of nitrogens with one attached hydrogen (secondary N) is 1. The van der Waals surface area contributed by atoms with Gasteiger partial charge in [-0.3, -0.25) is 0 Å². The topological polar surface area (TPSA) is 59.1 Å². The van der Waals surface area contributed by atoms with Gasteiger partial charge in [-0.15, -0.1) is 0 Å². The van der Waals surface area contributed by atoms with Crippen LogP contribution >= 0.6 is 27.5 Å². The fraction of sp³-hybridized carbons (Fsp3) is 0.125. The van der Waals surface area contributed by atoms with Crippen LogP contribution in [-0.4, -0.2) is 19.9 Å². The lowest BCUT2D eigenvalue weighted by atomic mass is 10.5. The second-order valence-corrected chi connectivity index (χ2v) is 5.93. The Bertz CT molecular complexity index is 475. The van der Waals surface area contributed by atoms with Gasteiger partial charge in [-0.05, 0) is 12.1 Å². The van der Waals surface area contributed by atoms with Crippen LogP contribution < -0.4 is 4.72 Å². The number of hydrogen-bond acceptors (Lipinski definition) is 3. The molecule has 1 aromatic heterocycles. The largest absolute Gasteiger partial charge is 0.244 e. The first-order valence-corrected chi connectivity index (χ1v) is 6.52. The van der Waals surface area contributed by atoms with Crippen LogP contribution in [-0.2, 0) is 10.0 Å². The molecule has 0 saturated carbocycles. The highest BCUT2D eigenvalue weighted by Crippen LogP contribution is 2.12. The molecule has 15 heavy (non-hydrogen) atoms. The molecule has 0 aliphatic carbocycles. The Morgan fingerprint density at radius 2 is 2.33 bits per heavy atom. The molecule has 0 aromatic carbocycles. The van der Waals surface area contributed by atoms with E-state index in [1.165, 1.54) is 18.3 Å². The first-order valence-electron chi connectivity index (χ1n) is 3.86. The zero-order chi connectivity index (χ0) is 11.5. The van der Waals surface area contributed by atoms with Gasteiger partial charge in [0, 0.05) is 17.2 Å². The van der Waals surface area contributed by atoms with E-state index in [0.717, 1.165) is 0 Å². The predicted octanol–water partition coefficient (Wildman–Crippen LogP) is 1.92. The Morgan fingerprint density at radius 1 is 1.67 bits per heavy atom. The van der Waals surface area contributed by atoms with E-state index in [4.69, 9.17) is 11.6 Å². The van der Waals surface area contributed by atoms with Crippen molar-refractivity contribution in [3.05, 3.63) is 34.5 Å². The molecule has 1 heterocycles. The third-order valence-corrected chi connectivity index (χ3v) is 3.35. The van der Waals surface area contributed by atoms with Crippen molar-refractivity contribution in [3.8, 4) is 0 Å². The fourth-order valence-corrected chi connectivity index (χ4v) is 2.41. The summed E-state index contributed by atoms with van der Waals surface area (Å²) < 4.78 is 26.1. The molecule has 0 fully saturated rings. The highest BCUT2D eigenvalue weighted by Gasteiger charge is 2.13. The Balaban J connectivity index is 2.91. The summed E-state index contributed by atoms with van der Waals surface area (Å²) in [7, 11) is -3.54. The Kier molecular flexibility index (Phi) is 4.27. The van der Waals surface area contributed by atoms with Gasteiger partial charge in [-0.1, -0.05) is 34.1 Å². The molecule has 0 atom stereocenters. The molecule has 0 saturated heterocycles. The van der Waals surface area contributed by atoms with Crippen molar-refractivity contribution in [1.82, 2.24) is 9.71 Å². The molecule has 0 aliphatic heterocycles. The van der Waals surface area contributed by atoms with Gasteiger partial charge in [-0.25, -0.2) is 18.1 Å². The van der Waals surface area contributed by atoms with E-state index in [-0.39, 0.29) is 16.6 Å². The molecule has 0 radical (unpaired) electrons. The molecular weight excluding hydrogens is 304 g/mol. The third kappa shape index (κ3) is 3.90. The summed E-state index contributed by atoms with van der Waals surface area (Å²) in [4.78, 5) is 3.77. The number of hydrogen-bond donors (Lipinski definition) is 1.